The molecule has 0 atom stereocenters. The summed E-state index contributed by atoms with van der Waals surface area (Å²) in [6, 6.07) is 0. The fourth-order valence-electron chi connectivity index (χ4n) is 1.50. The van der Waals surface area contributed by atoms with Gasteiger partial charge in [0.15, 0.2) is 0 Å². The molecule has 0 unspecified atom stereocenters. The second-order valence-corrected chi connectivity index (χ2v) is 8.85. The molecule has 0 radical (unpaired) electrons. The average Bonchev–Trinajstić information content (AvgIpc) is 2.11. The van der Waals surface area contributed by atoms with Gasteiger partial charge < -0.3 is 5.11 Å². The van der Waals surface area contributed by atoms with Crippen molar-refractivity contribution in [2.24, 2.45) is 0 Å². The Bertz CT molecular complexity index is 83.2. The second-order valence-electron chi connectivity index (χ2n) is 3.02. The topological polar surface area (TPSA) is 37.3 Å². The molecule has 12 heavy (non-hydrogen) atoms. The zero-order valence-corrected chi connectivity index (χ0v) is 9.76. The van der Waals surface area contributed by atoms with E-state index in [-0.39, 0.29) is 6.47 Å². The van der Waals surface area contributed by atoms with Crippen LogP contribution in [-0.4, -0.2) is 36.2 Å². The van der Waals surface area contributed by atoms with Crippen LogP contribution in [0.2, 0.25) is 0 Å². The summed E-state index contributed by atoms with van der Waals surface area (Å²) in [6.07, 6.45) is 5.93. The quantitative estimate of drug-likeness (QED) is 0.551. The summed E-state index contributed by atoms with van der Waals surface area (Å²) in [7, 11) is -0.691. The molecule has 0 amide bonds. The predicted octanol–water partition coefficient (Wildman–Crippen LogP) is 2.52. The van der Waals surface area contributed by atoms with Gasteiger partial charge >= 0.3 is 59.6 Å². The Morgan fingerprint density at radius 2 is 1.17 bits per heavy atom. The Morgan fingerprint density at radius 3 is 1.17 bits per heavy atom. The Hall–Kier alpha value is -0.100. The normalized spacial score (nSPS) is 11.3. The van der Waals surface area contributed by atoms with E-state index in [2.05, 4.69) is 27.7 Å². The summed E-state index contributed by atoms with van der Waals surface area (Å²) in [6.45, 7) is 9.21. The summed E-state index contributed by atoms with van der Waals surface area (Å²) in [5, 5.41) is 6.89. The Labute approximate surface area is 76.7 Å². The maximum absolute atomic E-state index is 8.36. The number of rotatable bonds is 4. The molecular weight excluding hydrogens is 171 g/mol. The molecule has 76 valence electrons. The SMILES string of the molecule is CC[PH](CC)(CC)CC.O=CO. The smallest absolute Gasteiger partial charge is 0.290 e. The molecule has 0 bridgehead atoms. The molecule has 2 nitrogen and oxygen atoms in total. The van der Waals surface area contributed by atoms with E-state index in [1.165, 1.54) is 24.6 Å². The van der Waals surface area contributed by atoms with Gasteiger partial charge in [-0.3, -0.25) is 4.79 Å². The number of carbonyl (C=O) groups is 1. The molecule has 0 aromatic heterocycles. The molecule has 0 heterocycles. The molecule has 0 aliphatic carbocycles. The minimum atomic E-state index is -0.691. The molecule has 0 saturated carbocycles. The molecule has 0 aromatic carbocycles. The number of hydrogen-bond acceptors (Lipinski definition) is 1. The van der Waals surface area contributed by atoms with Crippen LogP contribution in [0.15, 0.2) is 0 Å². The Kier molecular flexibility index (Phi) is 10.8. The fraction of sp³-hybridized carbons (Fsp3) is 0.889. The summed E-state index contributed by atoms with van der Waals surface area (Å²) < 4.78 is 0. The summed E-state index contributed by atoms with van der Waals surface area (Å²) in [5.74, 6) is 0. The van der Waals surface area contributed by atoms with Crippen molar-refractivity contribution in [1.29, 1.82) is 0 Å². The first kappa shape index (κ1) is 14.4. The van der Waals surface area contributed by atoms with Gasteiger partial charge in [-0.2, -0.15) is 0 Å². The van der Waals surface area contributed by atoms with Crippen molar-refractivity contribution in [1.82, 2.24) is 0 Å². The van der Waals surface area contributed by atoms with Crippen LogP contribution in [0.3, 0.4) is 0 Å². The van der Waals surface area contributed by atoms with Crippen LogP contribution in [0.5, 0.6) is 0 Å². The molecule has 3 heteroatoms. The summed E-state index contributed by atoms with van der Waals surface area (Å²) >= 11 is 0. The maximum atomic E-state index is 8.36. The molecule has 0 fully saturated rings. The zero-order chi connectivity index (χ0) is 10.0. The van der Waals surface area contributed by atoms with Gasteiger partial charge in [0.2, 0.25) is 0 Å². The minimum absolute atomic E-state index is 0.250. The molecule has 0 spiro atoms. The van der Waals surface area contributed by atoms with Crippen LogP contribution >= 0.6 is 7.26 Å². The second kappa shape index (κ2) is 8.99. The van der Waals surface area contributed by atoms with E-state index >= 15 is 0 Å². The third-order valence-corrected chi connectivity index (χ3v) is 9.00. The molecule has 0 saturated heterocycles. The monoisotopic (exact) mass is 194 g/mol. The van der Waals surface area contributed by atoms with E-state index in [0.717, 1.165) is 0 Å². The predicted molar refractivity (Wildman–Crippen MR) is 59.2 cm³/mol. The first-order chi connectivity index (χ1) is 5.66. The zero-order valence-electron chi connectivity index (χ0n) is 8.76. The van der Waals surface area contributed by atoms with E-state index in [9.17, 15) is 0 Å². The van der Waals surface area contributed by atoms with Crippen LogP contribution in [0.1, 0.15) is 27.7 Å². The van der Waals surface area contributed by atoms with Crippen LogP contribution in [0.25, 0.3) is 0 Å². The van der Waals surface area contributed by atoms with Gasteiger partial charge in [0.05, 0.1) is 0 Å². The molecule has 1 N–H and O–H groups in total. The first-order valence-electron chi connectivity index (χ1n) is 4.74. The number of carboxylic acid groups (broad SMARTS) is 1. The molecule has 0 rings (SSSR count). The summed E-state index contributed by atoms with van der Waals surface area (Å²) in [4.78, 5) is 8.36. The number of hydrogen-bond donors (Lipinski definition) is 1. The van der Waals surface area contributed by atoms with Crippen molar-refractivity contribution in [3.05, 3.63) is 0 Å². The van der Waals surface area contributed by atoms with Crippen molar-refractivity contribution in [2.75, 3.05) is 24.6 Å². The van der Waals surface area contributed by atoms with Crippen molar-refractivity contribution in [3.8, 4) is 0 Å². The van der Waals surface area contributed by atoms with Crippen LogP contribution in [0.4, 0.5) is 0 Å². The molecular formula is C9H23O2P. The van der Waals surface area contributed by atoms with Crippen LogP contribution < -0.4 is 0 Å². The largest absolute Gasteiger partial charge is 0.483 e. The van der Waals surface area contributed by atoms with Crippen LogP contribution in [0, 0.1) is 0 Å². The molecule has 0 aliphatic rings. The van der Waals surface area contributed by atoms with Crippen LogP contribution in [-0.2, 0) is 4.79 Å². The first-order valence-corrected chi connectivity index (χ1v) is 7.56. The Morgan fingerprint density at radius 1 is 1.00 bits per heavy atom. The minimum Gasteiger partial charge on any atom is -0.483 e. The third-order valence-electron chi connectivity index (χ3n) is 3.00. The van der Waals surface area contributed by atoms with E-state index in [1.807, 2.05) is 0 Å². The van der Waals surface area contributed by atoms with Gasteiger partial charge in [-0.05, 0) is 0 Å². The van der Waals surface area contributed by atoms with E-state index in [4.69, 9.17) is 9.90 Å². The standard InChI is InChI=1S/C8H21P.CH2O2/c1-5-9(6-2,7-3)8-4;2-1-3/h9H,5-8H2,1-4H3;1H,(H,2,3). The van der Waals surface area contributed by atoms with Gasteiger partial charge in [0.1, 0.15) is 0 Å². The average molecular weight is 194 g/mol. The van der Waals surface area contributed by atoms with Crippen molar-refractivity contribution in [3.63, 3.8) is 0 Å². The Balaban J connectivity index is 0. The molecule has 0 aliphatic heterocycles. The summed E-state index contributed by atoms with van der Waals surface area (Å²) in [5.41, 5.74) is 0. The van der Waals surface area contributed by atoms with Gasteiger partial charge in [-0.1, -0.05) is 0 Å². The van der Waals surface area contributed by atoms with Gasteiger partial charge in [0, 0.05) is 0 Å². The van der Waals surface area contributed by atoms with Gasteiger partial charge in [-0.25, -0.2) is 0 Å². The van der Waals surface area contributed by atoms with Gasteiger partial charge in [0.25, 0.3) is 6.47 Å². The van der Waals surface area contributed by atoms with E-state index in [1.54, 1.807) is 0 Å². The molecule has 0 aromatic rings. The maximum Gasteiger partial charge on any atom is 0.290 e. The fourth-order valence-corrected chi connectivity index (χ4v) is 4.50. The third kappa shape index (κ3) is 5.54. The van der Waals surface area contributed by atoms with Gasteiger partial charge in [-0.15, -0.1) is 0 Å². The van der Waals surface area contributed by atoms with E-state index in [0.29, 0.717) is 0 Å². The van der Waals surface area contributed by atoms with Crippen molar-refractivity contribution < 1.29 is 9.90 Å². The van der Waals surface area contributed by atoms with E-state index < -0.39 is 7.26 Å². The van der Waals surface area contributed by atoms with Crippen molar-refractivity contribution in [2.45, 2.75) is 27.7 Å². The van der Waals surface area contributed by atoms with Crippen molar-refractivity contribution >= 4 is 13.7 Å².